The van der Waals surface area contributed by atoms with Crippen LogP contribution in [-0.2, 0) is 12.8 Å². The van der Waals surface area contributed by atoms with Crippen LogP contribution >= 0.6 is 0 Å². The summed E-state index contributed by atoms with van der Waals surface area (Å²) in [5.74, 6) is 1.24. The first-order valence-corrected chi connectivity index (χ1v) is 7.45. The molecular formula is C18H21NO2. The van der Waals surface area contributed by atoms with Crippen molar-refractivity contribution >= 4 is 0 Å². The van der Waals surface area contributed by atoms with Gasteiger partial charge in [-0.25, -0.2) is 0 Å². The second-order valence-corrected chi connectivity index (χ2v) is 5.45. The second-order valence-electron chi connectivity index (χ2n) is 5.45. The molecule has 3 nitrogen and oxygen atoms in total. The molecule has 0 fully saturated rings. The first-order chi connectivity index (χ1) is 10.2. The van der Waals surface area contributed by atoms with Crippen molar-refractivity contribution < 1.29 is 9.84 Å². The number of hydrogen-bond donors (Lipinski definition) is 2. The van der Waals surface area contributed by atoms with E-state index in [2.05, 4.69) is 24.4 Å². The molecule has 110 valence electrons. The van der Waals surface area contributed by atoms with Crippen LogP contribution in [0.15, 0.2) is 36.4 Å². The normalized spacial score (nSPS) is 17.3. The summed E-state index contributed by atoms with van der Waals surface area (Å²) in [7, 11) is 1.71. The maximum Gasteiger partial charge on any atom is 0.123 e. The Bertz CT molecular complexity index is 652. The summed E-state index contributed by atoms with van der Waals surface area (Å²) in [4.78, 5) is 0. The zero-order valence-corrected chi connectivity index (χ0v) is 12.5. The lowest BCUT2D eigenvalue weighted by Gasteiger charge is -2.29. The fourth-order valence-corrected chi connectivity index (χ4v) is 3.06. The monoisotopic (exact) mass is 283 g/mol. The summed E-state index contributed by atoms with van der Waals surface area (Å²) in [5.41, 5.74) is 4.91. The van der Waals surface area contributed by atoms with E-state index in [1.165, 1.54) is 22.3 Å². The van der Waals surface area contributed by atoms with Crippen molar-refractivity contribution in [2.75, 3.05) is 13.7 Å². The number of methoxy groups -OCH3 is 1. The molecule has 1 heterocycles. The maximum atomic E-state index is 9.68. The Morgan fingerprint density at radius 2 is 2.05 bits per heavy atom. The average Bonchev–Trinajstić information content (AvgIpc) is 2.53. The number of phenolic OH excluding ortho intramolecular Hbond substituents is 1. The first kappa shape index (κ1) is 14.0. The van der Waals surface area contributed by atoms with E-state index < -0.39 is 0 Å². The van der Waals surface area contributed by atoms with Crippen LogP contribution in [0.3, 0.4) is 0 Å². The van der Waals surface area contributed by atoms with E-state index in [0.717, 1.165) is 25.1 Å². The zero-order valence-electron chi connectivity index (χ0n) is 12.5. The van der Waals surface area contributed by atoms with E-state index in [0.29, 0.717) is 5.75 Å². The topological polar surface area (TPSA) is 41.5 Å². The molecule has 2 aromatic carbocycles. The molecule has 0 aliphatic carbocycles. The van der Waals surface area contributed by atoms with E-state index in [1.807, 2.05) is 18.2 Å². The molecule has 0 amide bonds. The Morgan fingerprint density at radius 1 is 1.19 bits per heavy atom. The quantitative estimate of drug-likeness (QED) is 0.909. The van der Waals surface area contributed by atoms with Crippen molar-refractivity contribution in [2.45, 2.75) is 25.8 Å². The molecule has 3 rings (SSSR count). The van der Waals surface area contributed by atoms with Crippen molar-refractivity contribution in [3.05, 3.63) is 58.7 Å². The number of aryl methyl sites for hydroxylation is 1. The third-order valence-corrected chi connectivity index (χ3v) is 4.19. The summed E-state index contributed by atoms with van der Waals surface area (Å²) < 4.78 is 5.55. The van der Waals surface area contributed by atoms with E-state index in [-0.39, 0.29) is 6.04 Å². The molecular weight excluding hydrogens is 262 g/mol. The van der Waals surface area contributed by atoms with Gasteiger partial charge in [0.2, 0.25) is 0 Å². The highest BCUT2D eigenvalue weighted by Gasteiger charge is 2.24. The third kappa shape index (κ3) is 2.61. The molecule has 2 aromatic rings. The Hall–Kier alpha value is -2.00. The Morgan fingerprint density at radius 3 is 2.81 bits per heavy atom. The van der Waals surface area contributed by atoms with Gasteiger partial charge in [0, 0.05) is 12.1 Å². The smallest absolute Gasteiger partial charge is 0.123 e. The molecule has 0 aromatic heterocycles. The highest BCUT2D eigenvalue weighted by Crippen LogP contribution is 2.35. The lowest BCUT2D eigenvalue weighted by Crippen LogP contribution is -2.30. The van der Waals surface area contributed by atoms with Crippen LogP contribution in [0.4, 0.5) is 0 Å². The summed E-state index contributed by atoms with van der Waals surface area (Å²) in [5, 5.41) is 13.3. The minimum Gasteiger partial charge on any atom is -0.508 e. The van der Waals surface area contributed by atoms with Gasteiger partial charge < -0.3 is 15.2 Å². The second kappa shape index (κ2) is 5.78. The van der Waals surface area contributed by atoms with Crippen molar-refractivity contribution in [3.8, 4) is 11.5 Å². The molecule has 2 N–H and O–H groups in total. The summed E-state index contributed by atoms with van der Waals surface area (Å²) in [6, 6.07) is 12.1. The Labute approximate surface area is 125 Å². The van der Waals surface area contributed by atoms with E-state index in [1.54, 1.807) is 13.2 Å². The van der Waals surface area contributed by atoms with Crippen molar-refractivity contribution in [3.63, 3.8) is 0 Å². The first-order valence-electron chi connectivity index (χ1n) is 7.45. The summed E-state index contributed by atoms with van der Waals surface area (Å²) in [6.45, 7) is 3.06. The summed E-state index contributed by atoms with van der Waals surface area (Å²) in [6.07, 6.45) is 1.95. The fraction of sp³-hybridized carbons (Fsp3) is 0.333. The molecule has 21 heavy (non-hydrogen) atoms. The van der Waals surface area contributed by atoms with Crippen molar-refractivity contribution in [1.29, 1.82) is 0 Å². The lowest BCUT2D eigenvalue weighted by molar-refractivity contribution is 0.402. The van der Waals surface area contributed by atoms with Crippen LogP contribution in [0.2, 0.25) is 0 Å². The molecule has 1 aliphatic rings. The van der Waals surface area contributed by atoms with Gasteiger partial charge in [0.25, 0.3) is 0 Å². The molecule has 0 saturated heterocycles. The minimum atomic E-state index is 0.121. The van der Waals surface area contributed by atoms with Gasteiger partial charge >= 0.3 is 0 Å². The fourth-order valence-electron chi connectivity index (χ4n) is 3.06. The molecule has 1 unspecified atom stereocenters. The van der Waals surface area contributed by atoms with Crippen molar-refractivity contribution in [1.82, 2.24) is 5.32 Å². The Kier molecular flexibility index (Phi) is 3.84. The molecule has 1 aliphatic heterocycles. The van der Waals surface area contributed by atoms with E-state index in [9.17, 15) is 5.11 Å². The molecule has 0 radical (unpaired) electrons. The van der Waals surface area contributed by atoms with Crippen molar-refractivity contribution in [2.24, 2.45) is 0 Å². The molecule has 0 saturated carbocycles. The van der Waals surface area contributed by atoms with Gasteiger partial charge in [0.15, 0.2) is 0 Å². The van der Waals surface area contributed by atoms with Crippen LogP contribution < -0.4 is 10.1 Å². The number of rotatable bonds is 3. The summed E-state index contributed by atoms with van der Waals surface area (Å²) >= 11 is 0. The van der Waals surface area contributed by atoms with Crippen LogP contribution in [-0.4, -0.2) is 18.8 Å². The predicted molar refractivity (Wildman–Crippen MR) is 84.0 cm³/mol. The van der Waals surface area contributed by atoms with E-state index in [4.69, 9.17) is 4.74 Å². The number of hydrogen-bond acceptors (Lipinski definition) is 3. The highest BCUT2D eigenvalue weighted by molar-refractivity contribution is 5.48. The minimum absolute atomic E-state index is 0.121. The zero-order chi connectivity index (χ0) is 14.8. The van der Waals surface area contributed by atoms with E-state index >= 15 is 0 Å². The number of nitrogens with one attached hydrogen (secondary N) is 1. The molecule has 0 bridgehead atoms. The largest absolute Gasteiger partial charge is 0.508 e. The number of ether oxygens (including phenoxy) is 1. The van der Waals surface area contributed by atoms with Gasteiger partial charge in [0.1, 0.15) is 11.5 Å². The number of phenols is 1. The van der Waals surface area contributed by atoms with Gasteiger partial charge in [-0.2, -0.15) is 0 Å². The molecule has 3 heteroatoms. The van der Waals surface area contributed by atoms with Gasteiger partial charge in [-0.15, -0.1) is 0 Å². The highest BCUT2D eigenvalue weighted by atomic mass is 16.5. The number of fused-ring (bicyclic) bond motifs is 1. The number of aromatic hydroxyl groups is 1. The Balaban J connectivity index is 2.10. The lowest BCUT2D eigenvalue weighted by atomic mass is 9.88. The van der Waals surface area contributed by atoms with Crippen LogP contribution in [0.1, 0.15) is 35.2 Å². The van der Waals surface area contributed by atoms with Crippen LogP contribution in [0, 0.1) is 0 Å². The maximum absolute atomic E-state index is 9.68. The van der Waals surface area contributed by atoms with Gasteiger partial charge in [-0.1, -0.05) is 25.1 Å². The average molecular weight is 283 g/mol. The standard InChI is InChI=1S/C18H21NO2/c1-3-12-4-7-17(21-2)16(10-12)18-15-6-5-14(20)11-13(15)8-9-19-18/h4-7,10-11,18-20H,3,8-9H2,1-2H3. The molecule has 1 atom stereocenters. The van der Waals surface area contributed by atoms with Gasteiger partial charge in [0.05, 0.1) is 13.2 Å². The van der Waals surface area contributed by atoms with Gasteiger partial charge in [-0.3, -0.25) is 0 Å². The SMILES string of the molecule is CCc1ccc(OC)c(C2NCCc3cc(O)ccc32)c1. The molecule has 0 spiro atoms. The van der Waals surface area contributed by atoms with Crippen LogP contribution in [0.25, 0.3) is 0 Å². The number of benzene rings is 2. The van der Waals surface area contributed by atoms with Gasteiger partial charge in [-0.05, 0) is 47.7 Å². The van der Waals surface area contributed by atoms with Crippen LogP contribution in [0.5, 0.6) is 11.5 Å². The predicted octanol–water partition coefficient (Wildman–Crippen LogP) is 3.20. The third-order valence-electron chi connectivity index (χ3n) is 4.19.